The molecule has 0 spiro atoms. The van der Waals surface area contributed by atoms with Crippen molar-refractivity contribution in [2.45, 2.75) is 32.8 Å². The zero-order chi connectivity index (χ0) is 13.8. The van der Waals surface area contributed by atoms with Crippen molar-refractivity contribution in [3.63, 3.8) is 0 Å². The van der Waals surface area contributed by atoms with Crippen LogP contribution in [0.15, 0.2) is 36.4 Å². The lowest BCUT2D eigenvalue weighted by molar-refractivity contribution is -0.142. The molecular weight excluding hydrogens is 224 g/mol. The van der Waals surface area contributed by atoms with Gasteiger partial charge in [-0.05, 0) is 25.0 Å². The Kier molecular flexibility index (Phi) is 9.03. The van der Waals surface area contributed by atoms with E-state index in [9.17, 15) is 4.79 Å². The maximum atomic E-state index is 11.4. The fraction of sp³-hybridized carbons (Fsp3) is 0.312. The highest BCUT2D eigenvalue weighted by Gasteiger charge is 2.04. The fourth-order valence-corrected chi connectivity index (χ4v) is 1.43. The van der Waals surface area contributed by atoms with Gasteiger partial charge in [0.15, 0.2) is 0 Å². The molecule has 0 bridgehead atoms. The lowest BCUT2D eigenvalue weighted by Crippen LogP contribution is -2.12. The van der Waals surface area contributed by atoms with E-state index in [1.54, 1.807) is 6.08 Å². The van der Waals surface area contributed by atoms with Crippen LogP contribution in [0.1, 0.15) is 32.3 Å². The molecule has 0 heterocycles. The van der Waals surface area contributed by atoms with Crippen LogP contribution in [0.5, 0.6) is 0 Å². The molecule has 0 saturated carbocycles. The third-order valence-electron chi connectivity index (χ3n) is 2.22. The molecule has 0 saturated heterocycles. The third kappa shape index (κ3) is 7.29. The van der Waals surface area contributed by atoms with E-state index in [2.05, 4.69) is 19.8 Å². The Morgan fingerprint density at radius 1 is 1.33 bits per heavy atom. The van der Waals surface area contributed by atoms with E-state index in [0.717, 1.165) is 18.4 Å². The maximum Gasteiger partial charge on any atom is 0.331 e. The maximum absolute atomic E-state index is 11.4. The van der Waals surface area contributed by atoms with E-state index in [-0.39, 0.29) is 12.1 Å². The Labute approximate surface area is 110 Å². The number of hydrogen-bond acceptors (Lipinski definition) is 2. The molecule has 1 rings (SSSR count). The van der Waals surface area contributed by atoms with Gasteiger partial charge in [0.1, 0.15) is 0 Å². The summed E-state index contributed by atoms with van der Waals surface area (Å²) in [5.74, 6) is -0.273. The summed E-state index contributed by atoms with van der Waals surface area (Å²) in [6.07, 6.45) is 13.2. The van der Waals surface area contributed by atoms with Crippen molar-refractivity contribution in [3.8, 4) is 12.8 Å². The van der Waals surface area contributed by atoms with Gasteiger partial charge in [-0.15, -0.1) is 12.8 Å². The first-order chi connectivity index (χ1) is 8.72. The van der Waals surface area contributed by atoms with Crippen molar-refractivity contribution >= 4 is 12.0 Å². The lowest BCUT2D eigenvalue weighted by Gasteiger charge is -2.09. The minimum absolute atomic E-state index is 0.00192. The Bertz CT molecular complexity index is 377. The van der Waals surface area contributed by atoms with Crippen molar-refractivity contribution in [1.82, 2.24) is 0 Å². The van der Waals surface area contributed by atoms with Gasteiger partial charge in [-0.25, -0.2) is 4.79 Å². The molecule has 0 aromatic heterocycles. The van der Waals surface area contributed by atoms with Crippen LogP contribution < -0.4 is 0 Å². The molecule has 0 N–H and O–H groups in total. The van der Waals surface area contributed by atoms with Crippen LogP contribution in [0.25, 0.3) is 6.08 Å². The van der Waals surface area contributed by atoms with Crippen molar-refractivity contribution in [2.24, 2.45) is 0 Å². The zero-order valence-corrected chi connectivity index (χ0v) is 11.0. The smallest absolute Gasteiger partial charge is 0.331 e. The molecule has 0 aliphatic rings. The molecule has 96 valence electrons. The highest BCUT2D eigenvalue weighted by molar-refractivity contribution is 5.87. The topological polar surface area (TPSA) is 26.3 Å². The summed E-state index contributed by atoms with van der Waals surface area (Å²) in [6.45, 7) is 3.99. The van der Waals surface area contributed by atoms with E-state index in [0.29, 0.717) is 0 Å². The van der Waals surface area contributed by atoms with Gasteiger partial charge in [0, 0.05) is 6.08 Å². The van der Waals surface area contributed by atoms with Crippen molar-refractivity contribution < 1.29 is 9.53 Å². The van der Waals surface area contributed by atoms with Gasteiger partial charge in [0.2, 0.25) is 0 Å². The summed E-state index contributed by atoms with van der Waals surface area (Å²) in [6, 6.07) is 9.70. The number of carbonyl (C=O) groups excluding carboxylic acids is 1. The number of ether oxygens (including phenoxy) is 1. The monoisotopic (exact) mass is 244 g/mol. The summed E-state index contributed by atoms with van der Waals surface area (Å²) in [5, 5.41) is 0. The van der Waals surface area contributed by atoms with Crippen LogP contribution in [0, 0.1) is 12.8 Å². The molecule has 0 fully saturated rings. The van der Waals surface area contributed by atoms with Gasteiger partial charge in [-0.2, -0.15) is 0 Å². The summed E-state index contributed by atoms with van der Waals surface area (Å²) >= 11 is 0. The molecule has 2 heteroatoms. The van der Waals surface area contributed by atoms with E-state index in [1.807, 2.05) is 37.3 Å². The third-order valence-corrected chi connectivity index (χ3v) is 2.22. The van der Waals surface area contributed by atoms with Crippen LogP contribution in [-0.4, -0.2) is 12.1 Å². The van der Waals surface area contributed by atoms with Gasteiger partial charge < -0.3 is 4.74 Å². The largest absolute Gasteiger partial charge is 0.460 e. The molecule has 0 amide bonds. The van der Waals surface area contributed by atoms with Crippen molar-refractivity contribution in [3.05, 3.63) is 42.0 Å². The molecule has 0 aliphatic heterocycles. The first kappa shape index (κ1) is 16.0. The first-order valence-electron chi connectivity index (χ1n) is 5.99. The number of carbonyl (C=O) groups is 1. The summed E-state index contributed by atoms with van der Waals surface area (Å²) in [4.78, 5) is 11.4. The van der Waals surface area contributed by atoms with Gasteiger partial charge in [0.25, 0.3) is 0 Å². The molecule has 0 radical (unpaired) electrons. The van der Waals surface area contributed by atoms with Gasteiger partial charge in [-0.1, -0.05) is 43.7 Å². The van der Waals surface area contributed by atoms with Gasteiger partial charge in [0.05, 0.1) is 6.10 Å². The molecule has 1 unspecified atom stereocenters. The number of hydrogen-bond donors (Lipinski definition) is 0. The van der Waals surface area contributed by atoms with E-state index in [1.165, 1.54) is 6.08 Å². The lowest BCUT2D eigenvalue weighted by atomic mass is 10.2. The van der Waals surface area contributed by atoms with Gasteiger partial charge >= 0.3 is 5.97 Å². The quantitative estimate of drug-likeness (QED) is 0.448. The molecule has 18 heavy (non-hydrogen) atoms. The predicted molar refractivity (Wildman–Crippen MR) is 75.8 cm³/mol. The van der Waals surface area contributed by atoms with E-state index >= 15 is 0 Å². The Morgan fingerprint density at radius 2 is 1.94 bits per heavy atom. The Balaban J connectivity index is 0.00000137. The molecular formula is C16H20O2. The van der Waals surface area contributed by atoms with Crippen LogP contribution in [0.2, 0.25) is 0 Å². The highest BCUT2D eigenvalue weighted by atomic mass is 16.5. The average molecular weight is 244 g/mol. The Morgan fingerprint density at radius 3 is 2.50 bits per heavy atom. The SMILES string of the molecule is C#C.CCCC(C)OC(=O)/C=C/c1ccccc1. The number of esters is 1. The molecule has 2 nitrogen and oxygen atoms in total. The predicted octanol–water partition coefficient (Wildman–Crippen LogP) is 3.68. The van der Waals surface area contributed by atoms with E-state index in [4.69, 9.17) is 4.74 Å². The standard InChI is InChI=1S/C14H18O2.C2H2/c1-3-7-12(2)16-14(15)11-10-13-8-5-4-6-9-13;1-2/h4-6,8-12H,3,7H2,1-2H3;1-2H/b11-10+;. The molecule has 0 aliphatic carbocycles. The van der Waals surface area contributed by atoms with Crippen LogP contribution >= 0.6 is 0 Å². The number of terminal acetylenes is 1. The van der Waals surface area contributed by atoms with Crippen LogP contribution in [0.4, 0.5) is 0 Å². The van der Waals surface area contributed by atoms with Crippen molar-refractivity contribution in [2.75, 3.05) is 0 Å². The van der Waals surface area contributed by atoms with Crippen LogP contribution in [0.3, 0.4) is 0 Å². The highest BCUT2D eigenvalue weighted by Crippen LogP contribution is 2.04. The second kappa shape index (κ2) is 10.2. The number of benzene rings is 1. The average Bonchev–Trinajstić information content (AvgIpc) is 2.40. The van der Waals surface area contributed by atoms with Gasteiger partial charge in [-0.3, -0.25) is 0 Å². The summed E-state index contributed by atoms with van der Waals surface area (Å²) in [7, 11) is 0. The molecule has 1 aromatic rings. The summed E-state index contributed by atoms with van der Waals surface area (Å²) in [5.41, 5.74) is 1.00. The summed E-state index contributed by atoms with van der Waals surface area (Å²) < 4.78 is 5.19. The van der Waals surface area contributed by atoms with Crippen molar-refractivity contribution in [1.29, 1.82) is 0 Å². The minimum Gasteiger partial charge on any atom is -0.460 e. The van der Waals surface area contributed by atoms with E-state index < -0.39 is 0 Å². The molecule has 1 atom stereocenters. The Hall–Kier alpha value is -2.01. The number of rotatable bonds is 5. The normalized spacial score (nSPS) is 11.3. The second-order valence-corrected chi connectivity index (χ2v) is 3.78. The first-order valence-corrected chi connectivity index (χ1v) is 5.99. The second-order valence-electron chi connectivity index (χ2n) is 3.78. The molecule has 1 aromatic carbocycles. The zero-order valence-electron chi connectivity index (χ0n) is 11.0. The fourth-order valence-electron chi connectivity index (χ4n) is 1.43. The van der Waals surface area contributed by atoms with Crippen LogP contribution in [-0.2, 0) is 9.53 Å². The minimum atomic E-state index is -0.273.